The molecule has 1 amide bonds. The van der Waals surface area contributed by atoms with Gasteiger partial charge in [-0.3, -0.25) is 4.79 Å². The van der Waals surface area contributed by atoms with E-state index in [0.717, 1.165) is 31.7 Å². The Kier molecular flexibility index (Phi) is 7.20. The molecule has 1 fully saturated rings. The van der Waals surface area contributed by atoms with Crippen molar-refractivity contribution in [3.05, 3.63) is 23.8 Å². The zero-order valence-electron chi connectivity index (χ0n) is 15.8. The van der Waals surface area contributed by atoms with Gasteiger partial charge in [-0.25, -0.2) is 17.9 Å². The topological polar surface area (TPSA) is 111 Å². The van der Waals surface area contributed by atoms with E-state index in [-0.39, 0.29) is 28.2 Å². The minimum atomic E-state index is -3.82. The fourth-order valence-electron chi connectivity index (χ4n) is 3.12. The summed E-state index contributed by atoms with van der Waals surface area (Å²) in [5.74, 6) is -0.644. The number of nitrogens with one attached hydrogen (secondary N) is 2. The summed E-state index contributed by atoms with van der Waals surface area (Å²) in [5, 5.41) is 2.90. The Morgan fingerprint density at radius 2 is 1.93 bits per heavy atom. The molecule has 27 heavy (non-hydrogen) atoms. The van der Waals surface area contributed by atoms with Gasteiger partial charge < -0.3 is 14.8 Å². The van der Waals surface area contributed by atoms with E-state index in [9.17, 15) is 18.0 Å². The molecule has 1 aromatic carbocycles. The molecular formula is C18H26N2O6S. The third-order valence-corrected chi connectivity index (χ3v) is 6.19. The van der Waals surface area contributed by atoms with Crippen LogP contribution >= 0.6 is 0 Å². The molecule has 1 aliphatic carbocycles. The molecule has 0 heterocycles. The number of hydrogen-bond donors (Lipinski definition) is 2. The normalized spacial score (nSPS) is 20.0. The number of methoxy groups -OCH3 is 1. The van der Waals surface area contributed by atoms with Crippen molar-refractivity contribution < 1.29 is 27.5 Å². The summed E-state index contributed by atoms with van der Waals surface area (Å²) in [5.41, 5.74) is 0.0171. The predicted octanol–water partition coefficient (Wildman–Crippen LogP) is 1.45. The first-order chi connectivity index (χ1) is 12.8. The Labute approximate surface area is 159 Å². The highest BCUT2D eigenvalue weighted by Gasteiger charge is 2.24. The molecule has 0 radical (unpaired) electrons. The lowest BCUT2D eigenvalue weighted by Crippen LogP contribution is -2.42. The predicted molar refractivity (Wildman–Crippen MR) is 99.1 cm³/mol. The van der Waals surface area contributed by atoms with E-state index < -0.39 is 22.6 Å². The van der Waals surface area contributed by atoms with Crippen LogP contribution < -0.4 is 14.8 Å². The summed E-state index contributed by atoms with van der Waals surface area (Å²) in [4.78, 5) is 24.1. The van der Waals surface area contributed by atoms with E-state index in [1.165, 1.54) is 26.3 Å². The SMILES string of the molecule is CNS(=O)(=O)c1cc(C(=O)OCC(=O)N[C@H]2CCCC[C@H]2C)ccc1OC. The number of amides is 1. The lowest BCUT2D eigenvalue weighted by molar-refractivity contribution is -0.125. The number of sulfonamides is 1. The largest absolute Gasteiger partial charge is 0.495 e. The molecule has 1 aromatic rings. The van der Waals surface area contributed by atoms with E-state index in [2.05, 4.69) is 17.0 Å². The quantitative estimate of drug-likeness (QED) is 0.673. The van der Waals surface area contributed by atoms with Gasteiger partial charge in [0.05, 0.1) is 12.7 Å². The van der Waals surface area contributed by atoms with Gasteiger partial charge in [-0.2, -0.15) is 0 Å². The van der Waals surface area contributed by atoms with Crippen LogP contribution in [0.1, 0.15) is 43.0 Å². The molecule has 8 nitrogen and oxygen atoms in total. The lowest BCUT2D eigenvalue weighted by atomic mass is 9.86. The van der Waals surface area contributed by atoms with Crippen molar-refractivity contribution in [3.63, 3.8) is 0 Å². The van der Waals surface area contributed by atoms with Crippen LogP contribution in [0, 0.1) is 5.92 Å². The fraction of sp³-hybridized carbons (Fsp3) is 0.556. The monoisotopic (exact) mass is 398 g/mol. The third kappa shape index (κ3) is 5.43. The summed E-state index contributed by atoms with van der Waals surface area (Å²) in [6, 6.07) is 4.01. The Hall–Kier alpha value is -2.13. The molecule has 0 bridgehead atoms. The van der Waals surface area contributed by atoms with Crippen molar-refractivity contribution in [2.24, 2.45) is 5.92 Å². The highest BCUT2D eigenvalue weighted by atomic mass is 32.2. The minimum absolute atomic E-state index is 0.0171. The fourth-order valence-corrected chi connectivity index (χ4v) is 4.04. The second-order valence-electron chi connectivity index (χ2n) is 6.59. The maximum Gasteiger partial charge on any atom is 0.338 e. The molecule has 0 aliphatic heterocycles. The van der Waals surface area contributed by atoms with Crippen LogP contribution in [0.25, 0.3) is 0 Å². The molecular weight excluding hydrogens is 372 g/mol. The Morgan fingerprint density at radius 3 is 2.56 bits per heavy atom. The molecule has 2 atom stereocenters. The first-order valence-corrected chi connectivity index (χ1v) is 10.3. The van der Waals surface area contributed by atoms with Crippen molar-refractivity contribution in [2.45, 2.75) is 43.5 Å². The van der Waals surface area contributed by atoms with Crippen LogP contribution in [-0.2, 0) is 19.6 Å². The molecule has 0 saturated heterocycles. The number of rotatable bonds is 7. The molecule has 2 rings (SSSR count). The van der Waals surface area contributed by atoms with E-state index in [4.69, 9.17) is 9.47 Å². The maximum absolute atomic E-state index is 12.2. The van der Waals surface area contributed by atoms with Gasteiger partial charge in [-0.1, -0.05) is 19.8 Å². The molecule has 2 N–H and O–H groups in total. The van der Waals surface area contributed by atoms with Crippen LogP contribution in [0.5, 0.6) is 5.75 Å². The number of ether oxygens (including phenoxy) is 2. The Balaban J connectivity index is 2.01. The second-order valence-corrected chi connectivity index (χ2v) is 8.44. The molecule has 1 saturated carbocycles. The number of esters is 1. The van der Waals surface area contributed by atoms with Gasteiger partial charge in [-0.05, 0) is 44.0 Å². The highest BCUT2D eigenvalue weighted by molar-refractivity contribution is 7.89. The van der Waals surface area contributed by atoms with Crippen molar-refractivity contribution in [2.75, 3.05) is 20.8 Å². The van der Waals surface area contributed by atoms with Gasteiger partial charge in [0.25, 0.3) is 5.91 Å². The summed E-state index contributed by atoms with van der Waals surface area (Å²) in [6.45, 7) is 1.68. The zero-order chi connectivity index (χ0) is 20.0. The van der Waals surface area contributed by atoms with Gasteiger partial charge >= 0.3 is 5.97 Å². The summed E-state index contributed by atoms with van der Waals surface area (Å²) >= 11 is 0. The number of carbonyl (C=O) groups is 2. The van der Waals surface area contributed by atoms with Crippen molar-refractivity contribution in [1.82, 2.24) is 10.0 Å². The molecule has 0 unspecified atom stereocenters. The molecule has 1 aliphatic rings. The standard InChI is InChI=1S/C18H26N2O6S/c1-12-6-4-5-7-14(12)20-17(21)11-26-18(22)13-8-9-15(25-3)16(10-13)27(23,24)19-2/h8-10,12,14,19H,4-7,11H2,1-3H3,(H,20,21)/t12-,14+/m1/s1. The molecule has 0 aromatic heterocycles. The average molecular weight is 398 g/mol. The van der Waals surface area contributed by atoms with E-state index in [1.807, 2.05) is 0 Å². The van der Waals surface area contributed by atoms with Gasteiger partial charge in [-0.15, -0.1) is 0 Å². The van der Waals surface area contributed by atoms with Crippen LogP contribution in [0.15, 0.2) is 23.1 Å². The van der Waals surface area contributed by atoms with Crippen molar-refractivity contribution in [3.8, 4) is 5.75 Å². The summed E-state index contributed by atoms with van der Waals surface area (Å²) < 4.78 is 36.4. The van der Waals surface area contributed by atoms with Crippen LogP contribution in [-0.4, -0.2) is 47.1 Å². The Bertz CT molecular complexity index is 793. The van der Waals surface area contributed by atoms with Crippen molar-refractivity contribution >= 4 is 21.9 Å². The smallest absolute Gasteiger partial charge is 0.338 e. The first kappa shape index (κ1) is 21.2. The highest BCUT2D eigenvalue weighted by Crippen LogP contribution is 2.25. The van der Waals surface area contributed by atoms with E-state index in [0.29, 0.717) is 5.92 Å². The summed E-state index contributed by atoms with van der Waals surface area (Å²) in [6.07, 6.45) is 4.23. The third-order valence-electron chi connectivity index (χ3n) is 4.75. The minimum Gasteiger partial charge on any atom is -0.495 e. The maximum atomic E-state index is 12.2. The number of hydrogen-bond acceptors (Lipinski definition) is 6. The first-order valence-electron chi connectivity index (χ1n) is 8.86. The lowest BCUT2D eigenvalue weighted by Gasteiger charge is -2.29. The summed E-state index contributed by atoms with van der Waals surface area (Å²) in [7, 11) is -1.22. The van der Waals surface area contributed by atoms with Crippen LogP contribution in [0.4, 0.5) is 0 Å². The molecule has 0 spiro atoms. The van der Waals surface area contributed by atoms with Crippen molar-refractivity contribution in [1.29, 1.82) is 0 Å². The van der Waals surface area contributed by atoms with E-state index >= 15 is 0 Å². The van der Waals surface area contributed by atoms with Gasteiger partial charge in [0.2, 0.25) is 10.0 Å². The zero-order valence-corrected chi connectivity index (χ0v) is 16.6. The average Bonchev–Trinajstić information content (AvgIpc) is 2.67. The van der Waals surface area contributed by atoms with Gasteiger partial charge in [0.15, 0.2) is 6.61 Å². The Morgan fingerprint density at radius 1 is 1.22 bits per heavy atom. The van der Waals surface area contributed by atoms with Gasteiger partial charge in [0, 0.05) is 6.04 Å². The number of carbonyl (C=O) groups excluding carboxylic acids is 2. The second kappa shape index (κ2) is 9.18. The number of benzene rings is 1. The van der Waals surface area contributed by atoms with Crippen LogP contribution in [0.2, 0.25) is 0 Å². The van der Waals surface area contributed by atoms with Crippen LogP contribution in [0.3, 0.4) is 0 Å². The van der Waals surface area contributed by atoms with E-state index in [1.54, 1.807) is 0 Å². The molecule has 9 heteroatoms. The molecule has 150 valence electrons. The van der Waals surface area contributed by atoms with Gasteiger partial charge in [0.1, 0.15) is 10.6 Å².